The van der Waals surface area contributed by atoms with Crippen LogP contribution in [0.4, 0.5) is 0 Å². The van der Waals surface area contributed by atoms with E-state index in [-0.39, 0.29) is 5.25 Å². The first kappa shape index (κ1) is 13.6. The van der Waals surface area contributed by atoms with Crippen molar-refractivity contribution in [3.63, 3.8) is 0 Å². The Bertz CT molecular complexity index is 341. The maximum Gasteiger partial charge on any atom is 0.217 e. The molecular formula is C11H20ClNO3S. The van der Waals surface area contributed by atoms with Crippen LogP contribution in [0.2, 0.25) is 0 Å². The number of nitrogens with zero attached hydrogens (tertiary/aromatic N) is 1. The van der Waals surface area contributed by atoms with Crippen molar-refractivity contribution in [1.82, 2.24) is 4.31 Å². The largest absolute Gasteiger partial charge is 0.381 e. The number of piperidine rings is 1. The molecule has 0 aromatic heterocycles. The van der Waals surface area contributed by atoms with Crippen LogP contribution in [-0.2, 0) is 14.8 Å². The first-order valence-corrected chi connectivity index (χ1v) is 8.31. The molecule has 0 aromatic carbocycles. The van der Waals surface area contributed by atoms with Gasteiger partial charge in [0.15, 0.2) is 0 Å². The standard InChI is InChI=1S/C11H20ClNO3S/c12-8-10-2-1-5-13(9-10)17(14,15)11-3-6-16-7-4-11/h10-11H,1-9H2. The van der Waals surface area contributed by atoms with Gasteiger partial charge >= 0.3 is 0 Å². The van der Waals surface area contributed by atoms with Crippen LogP contribution in [0.25, 0.3) is 0 Å². The molecule has 2 aliphatic rings. The molecule has 4 nitrogen and oxygen atoms in total. The van der Waals surface area contributed by atoms with Crippen LogP contribution in [0.15, 0.2) is 0 Å². The molecule has 0 N–H and O–H groups in total. The van der Waals surface area contributed by atoms with Gasteiger partial charge in [-0.2, -0.15) is 0 Å². The van der Waals surface area contributed by atoms with Gasteiger partial charge in [-0.25, -0.2) is 12.7 Å². The summed E-state index contributed by atoms with van der Waals surface area (Å²) in [5.74, 6) is 0.875. The third-order valence-corrected chi connectivity index (χ3v) is 6.45. The van der Waals surface area contributed by atoms with Gasteiger partial charge in [0.2, 0.25) is 10.0 Å². The summed E-state index contributed by atoms with van der Waals surface area (Å²) in [6.07, 6.45) is 3.23. The van der Waals surface area contributed by atoms with Gasteiger partial charge in [0.1, 0.15) is 0 Å². The summed E-state index contributed by atoms with van der Waals surface area (Å²) in [6, 6.07) is 0. The zero-order valence-electron chi connectivity index (χ0n) is 9.98. The fourth-order valence-corrected chi connectivity index (χ4v) is 4.83. The summed E-state index contributed by atoms with van der Waals surface area (Å²) in [5.41, 5.74) is 0. The number of halogens is 1. The van der Waals surface area contributed by atoms with E-state index in [1.807, 2.05) is 0 Å². The third-order valence-electron chi connectivity index (χ3n) is 3.65. The number of ether oxygens (including phenoxy) is 1. The summed E-state index contributed by atoms with van der Waals surface area (Å²) in [4.78, 5) is 0. The Morgan fingerprint density at radius 1 is 1.24 bits per heavy atom. The molecule has 17 heavy (non-hydrogen) atoms. The summed E-state index contributed by atoms with van der Waals surface area (Å²) in [5, 5.41) is -0.245. The van der Waals surface area contributed by atoms with E-state index in [0.717, 1.165) is 12.8 Å². The molecule has 2 saturated heterocycles. The summed E-state index contributed by atoms with van der Waals surface area (Å²) in [7, 11) is -3.13. The summed E-state index contributed by atoms with van der Waals surface area (Å²) >= 11 is 5.84. The highest BCUT2D eigenvalue weighted by Crippen LogP contribution is 2.25. The van der Waals surface area contributed by atoms with E-state index in [2.05, 4.69) is 0 Å². The molecule has 100 valence electrons. The van der Waals surface area contributed by atoms with E-state index >= 15 is 0 Å². The Hall–Kier alpha value is 0.160. The second kappa shape index (κ2) is 5.87. The van der Waals surface area contributed by atoms with Crippen molar-refractivity contribution in [2.24, 2.45) is 5.92 Å². The highest BCUT2D eigenvalue weighted by Gasteiger charge is 2.35. The third kappa shape index (κ3) is 3.13. The number of sulfonamides is 1. The van der Waals surface area contributed by atoms with Crippen molar-refractivity contribution >= 4 is 21.6 Å². The van der Waals surface area contributed by atoms with Crippen LogP contribution in [-0.4, -0.2) is 50.2 Å². The Balaban J connectivity index is 2.03. The van der Waals surface area contributed by atoms with Crippen LogP contribution in [0, 0.1) is 5.92 Å². The van der Waals surface area contributed by atoms with E-state index < -0.39 is 10.0 Å². The van der Waals surface area contributed by atoms with Crippen LogP contribution in [0.3, 0.4) is 0 Å². The molecule has 2 aliphatic heterocycles. The minimum Gasteiger partial charge on any atom is -0.381 e. The van der Waals surface area contributed by atoms with Crippen LogP contribution in [0.5, 0.6) is 0 Å². The number of rotatable bonds is 3. The molecule has 2 rings (SSSR count). The Kier molecular flexibility index (Phi) is 4.69. The number of hydrogen-bond acceptors (Lipinski definition) is 3. The predicted octanol–water partition coefficient (Wildman–Crippen LogP) is 1.45. The van der Waals surface area contributed by atoms with Crippen molar-refractivity contribution in [1.29, 1.82) is 0 Å². The minimum atomic E-state index is -3.13. The van der Waals surface area contributed by atoms with Gasteiger partial charge in [-0.15, -0.1) is 11.6 Å². The molecule has 0 spiro atoms. The molecule has 2 heterocycles. The lowest BCUT2D eigenvalue weighted by atomic mass is 10.0. The number of hydrogen-bond donors (Lipinski definition) is 0. The molecule has 6 heteroatoms. The summed E-state index contributed by atoms with van der Waals surface area (Å²) < 4.78 is 31.7. The Morgan fingerprint density at radius 3 is 2.59 bits per heavy atom. The van der Waals surface area contributed by atoms with Crippen molar-refractivity contribution in [2.75, 3.05) is 32.2 Å². The van der Waals surface area contributed by atoms with Crippen molar-refractivity contribution in [2.45, 2.75) is 30.9 Å². The molecule has 0 aromatic rings. The normalized spacial score (nSPS) is 29.4. The SMILES string of the molecule is O=S(=O)(C1CCOCC1)N1CCCC(CCl)C1. The second-order valence-electron chi connectivity index (χ2n) is 4.88. The molecular weight excluding hydrogens is 262 g/mol. The topological polar surface area (TPSA) is 46.6 Å². The van der Waals surface area contributed by atoms with E-state index in [1.165, 1.54) is 0 Å². The highest BCUT2D eigenvalue weighted by atomic mass is 35.5. The van der Waals surface area contributed by atoms with Gasteiger partial charge in [-0.3, -0.25) is 0 Å². The van der Waals surface area contributed by atoms with Crippen LogP contribution < -0.4 is 0 Å². The minimum absolute atomic E-state index is 0.245. The van der Waals surface area contributed by atoms with Crippen molar-refractivity contribution in [3.8, 4) is 0 Å². The van der Waals surface area contributed by atoms with Gasteiger partial charge in [-0.1, -0.05) is 0 Å². The lowest BCUT2D eigenvalue weighted by Gasteiger charge is -2.34. The van der Waals surface area contributed by atoms with Gasteiger partial charge < -0.3 is 4.74 Å². The Morgan fingerprint density at radius 2 is 1.94 bits per heavy atom. The first-order valence-electron chi connectivity index (χ1n) is 6.27. The Labute approximate surface area is 108 Å². The van der Waals surface area contributed by atoms with Crippen molar-refractivity contribution in [3.05, 3.63) is 0 Å². The molecule has 0 aliphatic carbocycles. The predicted molar refractivity (Wildman–Crippen MR) is 67.8 cm³/mol. The maximum atomic E-state index is 12.4. The van der Waals surface area contributed by atoms with Gasteiger partial charge in [0.05, 0.1) is 5.25 Å². The molecule has 0 radical (unpaired) electrons. The fraction of sp³-hybridized carbons (Fsp3) is 1.00. The number of alkyl halides is 1. The first-order chi connectivity index (χ1) is 8.14. The van der Waals surface area contributed by atoms with Gasteiger partial charge in [0, 0.05) is 32.2 Å². The average Bonchev–Trinajstić information content (AvgIpc) is 2.40. The zero-order chi connectivity index (χ0) is 12.3. The van der Waals surface area contributed by atoms with E-state index in [4.69, 9.17) is 16.3 Å². The lowest BCUT2D eigenvalue weighted by molar-refractivity contribution is 0.0967. The average molecular weight is 282 g/mol. The van der Waals surface area contributed by atoms with Crippen molar-refractivity contribution < 1.29 is 13.2 Å². The quantitative estimate of drug-likeness (QED) is 0.736. The molecule has 1 atom stereocenters. The monoisotopic (exact) mass is 281 g/mol. The van der Waals surface area contributed by atoms with E-state index in [0.29, 0.717) is 50.9 Å². The van der Waals surface area contributed by atoms with Gasteiger partial charge in [-0.05, 0) is 31.6 Å². The lowest BCUT2D eigenvalue weighted by Crippen LogP contribution is -2.46. The molecule has 2 fully saturated rings. The van der Waals surface area contributed by atoms with Gasteiger partial charge in [0.25, 0.3) is 0 Å². The molecule has 0 amide bonds. The zero-order valence-corrected chi connectivity index (χ0v) is 11.5. The highest BCUT2D eigenvalue weighted by molar-refractivity contribution is 7.89. The molecule has 1 unspecified atom stereocenters. The molecule has 0 bridgehead atoms. The molecule has 0 saturated carbocycles. The summed E-state index contributed by atoms with van der Waals surface area (Å²) in [6.45, 7) is 2.39. The van der Waals surface area contributed by atoms with E-state index in [1.54, 1.807) is 4.31 Å². The van der Waals surface area contributed by atoms with Crippen LogP contribution in [0.1, 0.15) is 25.7 Å². The van der Waals surface area contributed by atoms with E-state index in [9.17, 15) is 8.42 Å². The smallest absolute Gasteiger partial charge is 0.217 e. The second-order valence-corrected chi connectivity index (χ2v) is 7.40. The van der Waals surface area contributed by atoms with Crippen LogP contribution >= 0.6 is 11.6 Å². The maximum absolute atomic E-state index is 12.4. The fourth-order valence-electron chi connectivity index (χ4n) is 2.57.